The molecule has 0 spiro atoms. The van der Waals surface area contributed by atoms with E-state index in [1.54, 1.807) is 23.9 Å². The lowest BCUT2D eigenvalue weighted by atomic mass is 10.1. The van der Waals surface area contributed by atoms with Crippen LogP contribution in [0.25, 0.3) is 0 Å². The van der Waals surface area contributed by atoms with Crippen LogP contribution in [0.1, 0.15) is 21.5 Å². The van der Waals surface area contributed by atoms with Crippen molar-refractivity contribution in [1.29, 1.82) is 0 Å². The Morgan fingerprint density at radius 3 is 2.64 bits per heavy atom. The SMILES string of the molecule is COC(=O)c1ccc(CSc2nnc(Nc3ccccc3C)s2)cc1. The van der Waals surface area contributed by atoms with Gasteiger partial charge in [0.25, 0.3) is 0 Å². The maximum Gasteiger partial charge on any atom is 0.337 e. The Morgan fingerprint density at radius 2 is 1.92 bits per heavy atom. The van der Waals surface area contributed by atoms with Gasteiger partial charge in [-0.2, -0.15) is 0 Å². The molecule has 0 aliphatic carbocycles. The van der Waals surface area contributed by atoms with Crippen molar-refractivity contribution in [3.8, 4) is 0 Å². The summed E-state index contributed by atoms with van der Waals surface area (Å²) in [6.07, 6.45) is 0. The lowest BCUT2D eigenvalue weighted by Crippen LogP contribution is -2.00. The van der Waals surface area contributed by atoms with Crippen LogP contribution in [-0.4, -0.2) is 23.3 Å². The van der Waals surface area contributed by atoms with Crippen LogP contribution < -0.4 is 5.32 Å². The summed E-state index contributed by atoms with van der Waals surface area (Å²) in [5, 5.41) is 12.5. The van der Waals surface area contributed by atoms with Crippen molar-refractivity contribution in [2.45, 2.75) is 17.0 Å². The maximum atomic E-state index is 11.4. The van der Waals surface area contributed by atoms with Crippen molar-refractivity contribution in [3.05, 3.63) is 65.2 Å². The van der Waals surface area contributed by atoms with E-state index in [9.17, 15) is 4.79 Å². The fourth-order valence-electron chi connectivity index (χ4n) is 2.15. The highest BCUT2D eigenvalue weighted by molar-refractivity contribution is 8.00. The molecule has 0 radical (unpaired) electrons. The van der Waals surface area contributed by atoms with Gasteiger partial charge in [0.2, 0.25) is 5.13 Å². The summed E-state index contributed by atoms with van der Waals surface area (Å²) in [7, 11) is 1.38. The van der Waals surface area contributed by atoms with Crippen molar-refractivity contribution in [2.75, 3.05) is 12.4 Å². The zero-order valence-corrected chi connectivity index (χ0v) is 15.5. The number of hydrogen-bond donors (Lipinski definition) is 1. The van der Waals surface area contributed by atoms with Crippen molar-refractivity contribution < 1.29 is 9.53 Å². The molecule has 128 valence electrons. The van der Waals surface area contributed by atoms with E-state index in [2.05, 4.69) is 28.5 Å². The normalized spacial score (nSPS) is 10.5. The van der Waals surface area contributed by atoms with Crippen LogP contribution in [0.3, 0.4) is 0 Å². The van der Waals surface area contributed by atoms with Crippen LogP contribution in [-0.2, 0) is 10.5 Å². The molecule has 0 fully saturated rings. The third kappa shape index (κ3) is 4.58. The highest BCUT2D eigenvalue weighted by Crippen LogP contribution is 2.30. The minimum absolute atomic E-state index is 0.324. The first kappa shape index (κ1) is 17.4. The average molecular weight is 371 g/mol. The van der Waals surface area contributed by atoms with E-state index in [0.717, 1.165) is 32.0 Å². The molecular formula is C18H17N3O2S2. The number of esters is 1. The minimum atomic E-state index is -0.324. The number of ether oxygens (including phenoxy) is 1. The molecule has 5 nitrogen and oxygen atoms in total. The number of hydrogen-bond acceptors (Lipinski definition) is 7. The Morgan fingerprint density at radius 1 is 1.16 bits per heavy atom. The standard InChI is InChI=1S/C18H17N3O2S2/c1-12-5-3-4-6-15(12)19-17-20-21-18(25-17)24-11-13-7-9-14(10-8-13)16(22)23-2/h3-10H,11H2,1-2H3,(H,19,20). The second kappa shape index (κ2) is 8.13. The van der Waals surface area contributed by atoms with E-state index >= 15 is 0 Å². The summed E-state index contributed by atoms with van der Waals surface area (Å²) in [4.78, 5) is 11.4. The number of methoxy groups -OCH3 is 1. The molecule has 0 saturated carbocycles. The molecule has 0 atom stereocenters. The van der Waals surface area contributed by atoms with Crippen molar-refractivity contribution in [3.63, 3.8) is 0 Å². The Hall–Kier alpha value is -2.38. The van der Waals surface area contributed by atoms with Crippen molar-refractivity contribution in [2.24, 2.45) is 0 Å². The lowest BCUT2D eigenvalue weighted by molar-refractivity contribution is 0.0600. The summed E-state index contributed by atoms with van der Waals surface area (Å²) >= 11 is 3.14. The van der Waals surface area contributed by atoms with Gasteiger partial charge in [-0.3, -0.25) is 0 Å². The number of para-hydroxylation sites is 1. The molecule has 0 aliphatic heterocycles. The van der Waals surface area contributed by atoms with Gasteiger partial charge in [-0.05, 0) is 36.2 Å². The number of carbonyl (C=O) groups excluding carboxylic acids is 1. The highest BCUT2D eigenvalue weighted by Gasteiger charge is 2.08. The molecule has 0 saturated heterocycles. The van der Waals surface area contributed by atoms with Gasteiger partial charge in [-0.1, -0.05) is 53.4 Å². The average Bonchev–Trinajstić information content (AvgIpc) is 3.09. The van der Waals surface area contributed by atoms with E-state index in [-0.39, 0.29) is 5.97 Å². The number of benzene rings is 2. The monoisotopic (exact) mass is 371 g/mol. The topological polar surface area (TPSA) is 64.1 Å². The third-order valence-corrected chi connectivity index (χ3v) is 5.57. The Kier molecular flexibility index (Phi) is 5.67. The second-order valence-electron chi connectivity index (χ2n) is 5.29. The molecule has 1 heterocycles. The number of rotatable bonds is 6. The number of thioether (sulfide) groups is 1. The highest BCUT2D eigenvalue weighted by atomic mass is 32.2. The minimum Gasteiger partial charge on any atom is -0.465 e. The quantitative estimate of drug-likeness (QED) is 0.502. The number of nitrogens with zero attached hydrogens (tertiary/aromatic N) is 2. The van der Waals surface area contributed by atoms with Crippen LogP contribution in [0.2, 0.25) is 0 Å². The molecule has 7 heteroatoms. The van der Waals surface area contributed by atoms with E-state index < -0.39 is 0 Å². The molecule has 3 aromatic rings. The van der Waals surface area contributed by atoms with E-state index in [1.807, 2.05) is 30.3 Å². The summed E-state index contributed by atoms with van der Waals surface area (Å²) in [5.74, 6) is 0.440. The van der Waals surface area contributed by atoms with Gasteiger partial charge in [0.15, 0.2) is 4.34 Å². The molecule has 3 rings (SSSR count). The summed E-state index contributed by atoms with van der Waals surface area (Å²) in [6, 6.07) is 15.5. The van der Waals surface area contributed by atoms with Crippen LogP contribution in [0, 0.1) is 6.92 Å². The van der Waals surface area contributed by atoms with E-state index in [0.29, 0.717) is 5.56 Å². The number of anilines is 2. The van der Waals surface area contributed by atoms with Gasteiger partial charge >= 0.3 is 5.97 Å². The van der Waals surface area contributed by atoms with Gasteiger partial charge in [-0.15, -0.1) is 10.2 Å². The first-order chi connectivity index (χ1) is 12.2. The van der Waals surface area contributed by atoms with E-state index in [1.165, 1.54) is 18.4 Å². The van der Waals surface area contributed by atoms with Gasteiger partial charge in [-0.25, -0.2) is 4.79 Å². The number of carbonyl (C=O) groups is 1. The fraction of sp³-hybridized carbons (Fsp3) is 0.167. The molecule has 2 aromatic carbocycles. The Balaban J connectivity index is 1.58. The molecular weight excluding hydrogens is 354 g/mol. The van der Waals surface area contributed by atoms with Crippen LogP contribution in [0.5, 0.6) is 0 Å². The fourth-order valence-corrected chi connectivity index (χ4v) is 3.87. The number of aryl methyl sites for hydroxylation is 1. The smallest absolute Gasteiger partial charge is 0.337 e. The van der Waals surface area contributed by atoms with Gasteiger partial charge in [0, 0.05) is 11.4 Å². The summed E-state index contributed by atoms with van der Waals surface area (Å²) in [6.45, 7) is 2.05. The molecule has 0 aliphatic rings. The lowest BCUT2D eigenvalue weighted by Gasteiger charge is -2.04. The van der Waals surface area contributed by atoms with Crippen LogP contribution in [0.15, 0.2) is 52.9 Å². The number of nitrogens with one attached hydrogen (secondary N) is 1. The van der Waals surface area contributed by atoms with Gasteiger partial charge < -0.3 is 10.1 Å². The number of aromatic nitrogens is 2. The Labute approximate surface area is 154 Å². The van der Waals surface area contributed by atoms with E-state index in [4.69, 9.17) is 4.74 Å². The molecule has 0 amide bonds. The molecule has 25 heavy (non-hydrogen) atoms. The van der Waals surface area contributed by atoms with Crippen LogP contribution in [0.4, 0.5) is 10.8 Å². The van der Waals surface area contributed by atoms with Gasteiger partial charge in [0.1, 0.15) is 0 Å². The predicted octanol–water partition coefficient (Wildman–Crippen LogP) is 4.67. The largest absolute Gasteiger partial charge is 0.465 e. The molecule has 1 N–H and O–H groups in total. The predicted molar refractivity (Wildman–Crippen MR) is 102 cm³/mol. The van der Waals surface area contributed by atoms with Crippen molar-refractivity contribution >= 4 is 39.9 Å². The van der Waals surface area contributed by atoms with Gasteiger partial charge in [0.05, 0.1) is 12.7 Å². The second-order valence-corrected chi connectivity index (χ2v) is 7.49. The summed E-state index contributed by atoms with van der Waals surface area (Å²) in [5.41, 5.74) is 3.87. The molecule has 1 aromatic heterocycles. The maximum absolute atomic E-state index is 11.4. The summed E-state index contributed by atoms with van der Waals surface area (Å²) < 4.78 is 5.59. The zero-order valence-electron chi connectivity index (χ0n) is 13.9. The first-order valence-corrected chi connectivity index (χ1v) is 9.42. The molecule has 0 bridgehead atoms. The zero-order chi connectivity index (χ0) is 17.6. The molecule has 0 unspecified atom stereocenters. The van der Waals surface area contributed by atoms with Crippen LogP contribution >= 0.6 is 23.1 Å². The Bertz CT molecular complexity index is 863. The first-order valence-electron chi connectivity index (χ1n) is 7.62. The van der Waals surface area contributed by atoms with Crippen molar-refractivity contribution in [1.82, 2.24) is 10.2 Å². The third-order valence-electron chi connectivity index (χ3n) is 3.53.